The zero-order chi connectivity index (χ0) is 16.2. The molecule has 0 spiro atoms. The van der Waals surface area contributed by atoms with E-state index >= 15 is 0 Å². The van der Waals surface area contributed by atoms with Crippen molar-refractivity contribution in [3.05, 3.63) is 46.6 Å². The summed E-state index contributed by atoms with van der Waals surface area (Å²) in [5.74, 6) is 0. The van der Waals surface area contributed by atoms with E-state index < -0.39 is 0 Å². The van der Waals surface area contributed by atoms with Gasteiger partial charge in [0, 0.05) is 34.3 Å². The minimum absolute atomic E-state index is 0.939. The zero-order valence-electron chi connectivity index (χ0n) is 13.4. The van der Waals surface area contributed by atoms with E-state index in [9.17, 15) is 0 Å². The number of rotatable bonds is 6. The number of fused-ring (bicyclic) bond motifs is 1. The predicted molar refractivity (Wildman–Crippen MR) is 96.7 cm³/mol. The fourth-order valence-electron chi connectivity index (χ4n) is 2.65. The lowest BCUT2D eigenvalue weighted by molar-refractivity contribution is 0.619. The van der Waals surface area contributed by atoms with Crippen molar-refractivity contribution in [3.63, 3.8) is 0 Å². The van der Waals surface area contributed by atoms with Crippen LogP contribution in [0.1, 0.15) is 24.1 Å². The minimum atomic E-state index is 0.939. The monoisotopic (exact) mass is 373 g/mol. The molecule has 0 atom stereocenters. The van der Waals surface area contributed by atoms with E-state index in [0.29, 0.717) is 0 Å². The van der Waals surface area contributed by atoms with Crippen LogP contribution in [0.25, 0.3) is 10.9 Å². The van der Waals surface area contributed by atoms with Crippen LogP contribution in [0.3, 0.4) is 0 Å². The number of unbranched alkanes of at least 4 members (excludes halogenated alkanes) is 1. The lowest BCUT2D eigenvalue weighted by Gasteiger charge is -2.15. The number of nitrogens with one attached hydrogen (secondary N) is 1. The normalized spacial score (nSPS) is 11.1. The third-order valence-corrected chi connectivity index (χ3v) is 4.54. The molecule has 2 aromatic heterocycles. The molecule has 0 amide bonds. The Balaban J connectivity index is 1.69. The summed E-state index contributed by atoms with van der Waals surface area (Å²) in [4.78, 5) is 4.68. The zero-order valence-corrected chi connectivity index (χ0v) is 15.0. The van der Waals surface area contributed by atoms with Crippen LogP contribution in [0.5, 0.6) is 0 Å². The van der Waals surface area contributed by atoms with Crippen LogP contribution in [0.4, 0.5) is 5.69 Å². The molecule has 0 aliphatic heterocycles. The van der Waals surface area contributed by atoms with Gasteiger partial charge in [-0.25, -0.2) is 0 Å². The lowest BCUT2D eigenvalue weighted by atomic mass is 10.1. The first-order valence-corrected chi connectivity index (χ1v) is 8.57. The van der Waals surface area contributed by atoms with Crippen molar-refractivity contribution in [2.45, 2.75) is 33.2 Å². The first-order chi connectivity index (χ1) is 11.1. The average molecular weight is 374 g/mol. The highest BCUT2D eigenvalue weighted by Crippen LogP contribution is 2.30. The van der Waals surface area contributed by atoms with Crippen molar-refractivity contribution < 1.29 is 0 Å². The van der Waals surface area contributed by atoms with Gasteiger partial charge in [0.05, 0.1) is 5.52 Å². The summed E-state index contributed by atoms with van der Waals surface area (Å²) in [6, 6.07) is 6.23. The fourth-order valence-corrected chi connectivity index (χ4v) is 3.01. The van der Waals surface area contributed by atoms with Crippen LogP contribution in [0, 0.1) is 13.8 Å². The molecule has 23 heavy (non-hydrogen) atoms. The van der Waals surface area contributed by atoms with Gasteiger partial charge in [0.15, 0.2) is 0 Å². The molecular formula is C17H20BrN5. The van der Waals surface area contributed by atoms with E-state index in [0.717, 1.165) is 41.6 Å². The second-order valence-electron chi connectivity index (χ2n) is 5.69. The van der Waals surface area contributed by atoms with Gasteiger partial charge in [-0.15, -0.1) is 10.2 Å². The Morgan fingerprint density at radius 2 is 1.91 bits per heavy atom. The first-order valence-electron chi connectivity index (χ1n) is 7.78. The Labute approximate surface area is 144 Å². The maximum Gasteiger partial charge on any atom is 0.119 e. The summed E-state index contributed by atoms with van der Waals surface area (Å²) in [5, 5.41) is 12.4. The van der Waals surface area contributed by atoms with Crippen LogP contribution in [-0.4, -0.2) is 26.3 Å². The van der Waals surface area contributed by atoms with Gasteiger partial charge in [-0.2, -0.15) is 0 Å². The average Bonchev–Trinajstić information content (AvgIpc) is 3.04. The number of pyridine rings is 1. The molecule has 0 aliphatic rings. The standard InChI is InChI=1S/C17H20BrN5/c1-12-13(2)22-16-6-5-14(18)9-15(16)17(12)19-7-3-4-8-23-10-20-21-11-23/h5-6,9-11H,3-4,7-8H2,1-2H3,(H,19,22). The summed E-state index contributed by atoms with van der Waals surface area (Å²) in [6.07, 6.45) is 5.70. The van der Waals surface area contributed by atoms with Crippen molar-refractivity contribution in [1.82, 2.24) is 19.7 Å². The van der Waals surface area contributed by atoms with Gasteiger partial charge in [-0.05, 0) is 50.5 Å². The Kier molecular flexibility index (Phi) is 4.91. The van der Waals surface area contributed by atoms with Crippen molar-refractivity contribution in [2.75, 3.05) is 11.9 Å². The molecular weight excluding hydrogens is 354 g/mol. The molecule has 0 saturated carbocycles. The molecule has 0 radical (unpaired) electrons. The Morgan fingerprint density at radius 1 is 1.13 bits per heavy atom. The van der Waals surface area contributed by atoms with Crippen molar-refractivity contribution >= 4 is 32.5 Å². The highest BCUT2D eigenvalue weighted by molar-refractivity contribution is 9.10. The van der Waals surface area contributed by atoms with Gasteiger partial charge in [-0.1, -0.05) is 15.9 Å². The molecule has 3 aromatic rings. The number of aryl methyl sites for hydroxylation is 2. The Bertz CT molecular complexity index is 798. The van der Waals surface area contributed by atoms with Gasteiger partial charge >= 0.3 is 0 Å². The van der Waals surface area contributed by atoms with E-state index in [2.05, 4.69) is 62.4 Å². The summed E-state index contributed by atoms with van der Waals surface area (Å²) >= 11 is 3.55. The van der Waals surface area contributed by atoms with E-state index in [1.165, 1.54) is 16.6 Å². The molecule has 120 valence electrons. The maximum absolute atomic E-state index is 4.68. The summed E-state index contributed by atoms with van der Waals surface area (Å²) < 4.78 is 3.08. The third-order valence-electron chi connectivity index (χ3n) is 4.05. The SMILES string of the molecule is Cc1nc2ccc(Br)cc2c(NCCCCn2cnnc2)c1C. The topological polar surface area (TPSA) is 55.6 Å². The van der Waals surface area contributed by atoms with Crippen molar-refractivity contribution in [1.29, 1.82) is 0 Å². The van der Waals surface area contributed by atoms with E-state index in [1.54, 1.807) is 12.7 Å². The van der Waals surface area contributed by atoms with E-state index in [1.807, 2.05) is 10.6 Å². The Morgan fingerprint density at radius 3 is 2.70 bits per heavy atom. The molecule has 3 rings (SSSR count). The number of hydrogen-bond acceptors (Lipinski definition) is 4. The molecule has 5 nitrogen and oxygen atoms in total. The van der Waals surface area contributed by atoms with Gasteiger partial charge in [0.1, 0.15) is 12.7 Å². The Hall–Kier alpha value is -1.95. The number of aromatic nitrogens is 4. The molecule has 0 bridgehead atoms. The van der Waals surface area contributed by atoms with Gasteiger partial charge in [0.2, 0.25) is 0 Å². The molecule has 1 aromatic carbocycles. The smallest absolute Gasteiger partial charge is 0.119 e. The highest BCUT2D eigenvalue weighted by atomic mass is 79.9. The molecule has 6 heteroatoms. The van der Waals surface area contributed by atoms with Crippen molar-refractivity contribution in [3.8, 4) is 0 Å². The number of halogens is 1. The van der Waals surface area contributed by atoms with Crippen LogP contribution in [0.2, 0.25) is 0 Å². The molecule has 0 fully saturated rings. The number of benzene rings is 1. The molecule has 1 N–H and O–H groups in total. The second kappa shape index (κ2) is 7.08. The summed E-state index contributed by atoms with van der Waals surface area (Å²) in [5.41, 5.74) is 4.52. The van der Waals surface area contributed by atoms with Gasteiger partial charge in [0.25, 0.3) is 0 Å². The molecule has 0 aliphatic carbocycles. The van der Waals surface area contributed by atoms with Crippen LogP contribution in [-0.2, 0) is 6.54 Å². The summed E-state index contributed by atoms with van der Waals surface area (Å²) in [6.45, 7) is 6.08. The minimum Gasteiger partial charge on any atom is -0.384 e. The summed E-state index contributed by atoms with van der Waals surface area (Å²) in [7, 11) is 0. The van der Waals surface area contributed by atoms with Gasteiger partial charge < -0.3 is 9.88 Å². The third kappa shape index (κ3) is 3.69. The number of hydrogen-bond donors (Lipinski definition) is 1. The number of anilines is 1. The van der Waals surface area contributed by atoms with E-state index in [4.69, 9.17) is 0 Å². The van der Waals surface area contributed by atoms with Crippen LogP contribution >= 0.6 is 15.9 Å². The van der Waals surface area contributed by atoms with Crippen LogP contribution in [0.15, 0.2) is 35.3 Å². The molecule has 0 unspecified atom stereocenters. The fraction of sp³-hybridized carbons (Fsp3) is 0.353. The quantitative estimate of drug-likeness (QED) is 0.660. The maximum atomic E-state index is 4.68. The lowest BCUT2D eigenvalue weighted by Crippen LogP contribution is -2.07. The van der Waals surface area contributed by atoms with Crippen molar-refractivity contribution in [2.24, 2.45) is 0 Å². The molecule has 2 heterocycles. The van der Waals surface area contributed by atoms with Gasteiger partial charge in [-0.3, -0.25) is 4.98 Å². The second-order valence-corrected chi connectivity index (χ2v) is 6.61. The van der Waals surface area contributed by atoms with E-state index in [-0.39, 0.29) is 0 Å². The first kappa shape index (κ1) is 15.9. The predicted octanol–water partition coefficient (Wildman–Crippen LogP) is 4.10. The van der Waals surface area contributed by atoms with Crippen LogP contribution < -0.4 is 5.32 Å². The largest absolute Gasteiger partial charge is 0.384 e. The highest BCUT2D eigenvalue weighted by Gasteiger charge is 2.09. The molecule has 0 saturated heterocycles. The number of nitrogens with zero attached hydrogens (tertiary/aromatic N) is 4.